The van der Waals surface area contributed by atoms with E-state index in [-0.39, 0.29) is 6.54 Å². The summed E-state index contributed by atoms with van der Waals surface area (Å²) in [6.07, 6.45) is 2.91. The molecule has 3 N–H and O–H groups in total. The summed E-state index contributed by atoms with van der Waals surface area (Å²) in [6.45, 7) is 2.38. The lowest BCUT2D eigenvalue weighted by Crippen LogP contribution is -2.22. The molecule has 0 saturated heterocycles. The molecule has 0 amide bonds. The van der Waals surface area contributed by atoms with E-state index in [2.05, 4.69) is 11.9 Å². The fraction of sp³-hybridized carbons (Fsp3) is 0.500. The highest BCUT2D eigenvalue weighted by Gasteiger charge is 2.03. The number of nitrogens with two attached hydrogens (primary N) is 1. The summed E-state index contributed by atoms with van der Waals surface area (Å²) < 4.78 is 0. The number of aromatic nitrogens is 1. The minimum atomic E-state index is -0.472. The van der Waals surface area contributed by atoms with Crippen LogP contribution >= 0.6 is 0 Å². The summed E-state index contributed by atoms with van der Waals surface area (Å²) >= 11 is 0. The van der Waals surface area contributed by atoms with Crippen LogP contribution < -0.4 is 5.73 Å². The van der Waals surface area contributed by atoms with E-state index in [1.165, 1.54) is 5.56 Å². The van der Waals surface area contributed by atoms with Crippen molar-refractivity contribution in [3.8, 4) is 0 Å². The van der Waals surface area contributed by atoms with Crippen LogP contribution in [0.3, 0.4) is 0 Å². The Hall–Kier alpha value is -0.930. The van der Waals surface area contributed by atoms with E-state index < -0.39 is 6.10 Å². The molecule has 1 aromatic heterocycles. The van der Waals surface area contributed by atoms with Crippen LogP contribution in [-0.4, -0.2) is 22.7 Å². The number of pyridine rings is 1. The molecule has 1 heterocycles. The van der Waals surface area contributed by atoms with Crippen molar-refractivity contribution >= 4 is 0 Å². The van der Waals surface area contributed by atoms with Gasteiger partial charge in [-0.15, -0.1) is 0 Å². The van der Waals surface area contributed by atoms with Crippen molar-refractivity contribution in [2.75, 3.05) is 6.54 Å². The molecule has 3 nitrogen and oxygen atoms in total. The monoisotopic (exact) mass is 180 g/mol. The molecule has 1 atom stereocenters. The Labute approximate surface area is 78.6 Å². The Bertz CT molecular complexity index is 246. The molecule has 0 fully saturated rings. The summed E-state index contributed by atoms with van der Waals surface area (Å²) in [5.41, 5.74) is 7.41. The molecule has 0 aliphatic rings. The van der Waals surface area contributed by atoms with Crippen molar-refractivity contribution in [1.82, 2.24) is 4.98 Å². The summed E-state index contributed by atoms with van der Waals surface area (Å²) in [6, 6.07) is 3.98. The smallest absolute Gasteiger partial charge is 0.0717 e. The highest BCUT2D eigenvalue weighted by Crippen LogP contribution is 2.03. The Morgan fingerprint density at radius 1 is 1.54 bits per heavy atom. The van der Waals surface area contributed by atoms with E-state index in [0.29, 0.717) is 6.42 Å². The molecule has 1 aromatic rings. The van der Waals surface area contributed by atoms with Gasteiger partial charge in [0.2, 0.25) is 0 Å². The third-order valence-corrected chi connectivity index (χ3v) is 2.01. The van der Waals surface area contributed by atoms with E-state index in [4.69, 9.17) is 5.73 Å². The van der Waals surface area contributed by atoms with Gasteiger partial charge in [0.25, 0.3) is 0 Å². The van der Waals surface area contributed by atoms with Crippen molar-refractivity contribution in [2.24, 2.45) is 5.73 Å². The number of hydrogen-bond acceptors (Lipinski definition) is 3. The van der Waals surface area contributed by atoms with Crippen LogP contribution in [0.25, 0.3) is 0 Å². The predicted octanol–water partition coefficient (Wildman–Crippen LogP) is 0.506. The lowest BCUT2D eigenvalue weighted by Gasteiger charge is -2.06. The zero-order chi connectivity index (χ0) is 9.68. The van der Waals surface area contributed by atoms with Gasteiger partial charge in [0, 0.05) is 24.9 Å². The molecule has 1 unspecified atom stereocenters. The minimum absolute atomic E-state index is 0.289. The van der Waals surface area contributed by atoms with Crippen LogP contribution in [0.15, 0.2) is 18.3 Å². The van der Waals surface area contributed by atoms with Crippen molar-refractivity contribution in [2.45, 2.75) is 25.9 Å². The topological polar surface area (TPSA) is 59.1 Å². The second kappa shape index (κ2) is 4.94. The average molecular weight is 180 g/mol. The maximum Gasteiger partial charge on any atom is 0.0717 e. The molecule has 1 rings (SSSR count). The summed E-state index contributed by atoms with van der Waals surface area (Å²) in [4.78, 5) is 4.22. The molecule has 0 aromatic carbocycles. The molecule has 0 bridgehead atoms. The quantitative estimate of drug-likeness (QED) is 0.709. The van der Waals surface area contributed by atoms with Crippen molar-refractivity contribution < 1.29 is 5.11 Å². The van der Waals surface area contributed by atoms with Crippen LogP contribution in [-0.2, 0) is 12.8 Å². The summed E-state index contributed by atoms with van der Waals surface area (Å²) in [5, 5.41) is 9.27. The molecule has 13 heavy (non-hydrogen) atoms. The van der Waals surface area contributed by atoms with Gasteiger partial charge in [0.1, 0.15) is 0 Å². The zero-order valence-electron chi connectivity index (χ0n) is 7.90. The van der Waals surface area contributed by atoms with Crippen LogP contribution in [0.2, 0.25) is 0 Å². The standard InChI is InChI=1S/C10H16N2O/c1-2-8-3-4-9(12-7-8)5-10(13)6-11/h3-4,7,10,13H,2,5-6,11H2,1H3. The van der Waals surface area contributed by atoms with Crippen LogP contribution in [0.4, 0.5) is 0 Å². The number of nitrogens with zero attached hydrogens (tertiary/aromatic N) is 1. The lowest BCUT2D eigenvalue weighted by molar-refractivity contribution is 0.182. The number of aliphatic hydroxyl groups excluding tert-OH is 1. The van der Waals surface area contributed by atoms with Gasteiger partial charge in [-0.3, -0.25) is 4.98 Å². The average Bonchev–Trinajstić information content (AvgIpc) is 2.19. The maximum absolute atomic E-state index is 9.27. The largest absolute Gasteiger partial charge is 0.391 e. The van der Waals surface area contributed by atoms with Gasteiger partial charge >= 0.3 is 0 Å². The predicted molar refractivity (Wildman–Crippen MR) is 52.4 cm³/mol. The van der Waals surface area contributed by atoms with Gasteiger partial charge in [0.05, 0.1) is 6.10 Å². The zero-order valence-corrected chi connectivity index (χ0v) is 7.90. The van der Waals surface area contributed by atoms with Crippen LogP contribution in [0.5, 0.6) is 0 Å². The second-order valence-corrected chi connectivity index (χ2v) is 3.10. The maximum atomic E-state index is 9.27. The van der Waals surface area contributed by atoms with Crippen molar-refractivity contribution in [1.29, 1.82) is 0 Å². The van der Waals surface area contributed by atoms with Crippen LogP contribution in [0, 0.1) is 0 Å². The Morgan fingerprint density at radius 2 is 2.31 bits per heavy atom. The number of hydrogen-bond donors (Lipinski definition) is 2. The van der Waals surface area contributed by atoms with Gasteiger partial charge in [-0.05, 0) is 18.1 Å². The number of aliphatic hydroxyl groups is 1. The Morgan fingerprint density at radius 3 is 2.77 bits per heavy atom. The van der Waals surface area contributed by atoms with Gasteiger partial charge in [-0.25, -0.2) is 0 Å². The van der Waals surface area contributed by atoms with Crippen LogP contribution in [0.1, 0.15) is 18.2 Å². The first-order valence-corrected chi connectivity index (χ1v) is 4.58. The van der Waals surface area contributed by atoms with E-state index in [1.807, 2.05) is 18.3 Å². The molecule has 0 spiro atoms. The third-order valence-electron chi connectivity index (χ3n) is 2.01. The van der Waals surface area contributed by atoms with Crippen molar-refractivity contribution in [3.63, 3.8) is 0 Å². The van der Waals surface area contributed by atoms with Crippen molar-refractivity contribution in [3.05, 3.63) is 29.6 Å². The summed E-state index contributed by atoms with van der Waals surface area (Å²) in [7, 11) is 0. The lowest BCUT2D eigenvalue weighted by atomic mass is 10.1. The molecular weight excluding hydrogens is 164 g/mol. The fourth-order valence-corrected chi connectivity index (χ4v) is 1.11. The third kappa shape index (κ3) is 3.13. The molecule has 0 aliphatic heterocycles. The van der Waals surface area contributed by atoms with E-state index >= 15 is 0 Å². The van der Waals surface area contributed by atoms with Gasteiger partial charge in [-0.2, -0.15) is 0 Å². The fourth-order valence-electron chi connectivity index (χ4n) is 1.11. The van der Waals surface area contributed by atoms with Gasteiger partial charge in [0.15, 0.2) is 0 Å². The Kier molecular flexibility index (Phi) is 3.86. The highest BCUT2D eigenvalue weighted by atomic mass is 16.3. The SMILES string of the molecule is CCc1ccc(CC(O)CN)nc1. The molecule has 0 radical (unpaired) electrons. The first kappa shape index (κ1) is 10.2. The summed E-state index contributed by atoms with van der Waals surface area (Å²) in [5.74, 6) is 0. The molecule has 3 heteroatoms. The molecule has 0 saturated carbocycles. The first-order valence-electron chi connectivity index (χ1n) is 4.58. The molecular formula is C10H16N2O. The van der Waals surface area contributed by atoms with E-state index in [9.17, 15) is 5.11 Å². The Balaban J connectivity index is 2.58. The molecule has 72 valence electrons. The second-order valence-electron chi connectivity index (χ2n) is 3.10. The normalized spacial score (nSPS) is 12.8. The van der Waals surface area contributed by atoms with E-state index in [0.717, 1.165) is 12.1 Å². The highest BCUT2D eigenvalue weighted by molar-refractivity contribution is 5.14. The van der Waals surface area contributed by atoms with Gasteiger partial charge < -0.3 is 10.8 Å². The van der Waals surface area contributed by atoms with Gasteiger partial charge in [-0.1, -0.05) is 13.0 Å². The number of aryl methyl sites for hydroxylation is 1. The first-order chi connectivity index (χ1) is 6.26. The van der Waals surface area contributed by atoms with E-state index in [1.54, 1.807) is 0 Å². The molecule has 0 aliphatic carbocycles. The number of rotatable bonds is 4. The minimum Gasteiger partial charge on any atom is -0.391 e.